The fourth-order valence-corrected chi connectivity index (χ4v) is 0.964. The monoisotopic (exact) mass is 168 g/mol. The quantitative estimate of drug-likeness (QED) is 0.684. The molecule has 3 nitrogen and oxygen atoms in total. The minimum absolute atomic E-state index is 0.570. The molecule has 0 bridgehead atoms. The van der Waals surface area contributed by atoms with Gasteiger partial charge in [0.05, 0.1) is 13.7 Å². The van der Waals surface area contributed by atoms with Crippen molar-refractivity contribution >= 4 is 0 Å². The van der Waals surface area contributed by atoms with Crippen molar-refractivity contribution in [3.63, 3.8) is 0 Å². The number of allylic oxidation sites excluding steroid dienone is 2. The van der Waals surface area contributed by atoms with Crippen LogP contribution in [-0.2, 0) is 9.47 Å². The largest absolute Gasteiger partial charge is 0.498 e. The van der Waals surface area contributed by atoms with Crippen molar-refractivity contribution in [1.82, 2.24) is 5.32 Å². The minimum atomic E-state index is 0.570. The molecule has 0 aromatic rings. The molecule has 1 rings (SSSR count). The van der Waals surface area contributed by atoms with Gasteiger partial charge in [0.1, 0.15) is 5.76 Å². The Labute approximate surface area is 73.1 Å². The second-order valence-corrected chi connectivity index (χ2v) is 2.35. The van der Waals surface area contributed by atoms with Gasteiger partial charge in [-0.3, -0.25) is 0 Å². The van der Waals surface area contributed by atoms with Crippen LogP contribution < -0.4 is 5.32 Å². The summed E-state index contributed by atoms with van der Waals surface area (Å²) in [5.74, 6) is 0.839. The van der Waals surface area contributed by atoms with E-state index in [2.05, 4.69) is 5.32 Å². The van der Waals surface area contributed by atoms with Crippen LogP contribution in [0, 0.1) is 6.04 Å². The lowest BCUT2D eigenvalue weighted by molar-refractivity contribution is 0.142. The van der Waals surface area contributed by atoms with E-state index in [1.54, 1.807) is 7.11 Å². The third kappa shape index (κ3) is 2.27. The molecule has 0 aliphatic carbocycles. The summed E-state index contributed by atoms with van der Waals surface area (Å²) in [6.07, 6.45) is 5.66. The van der Waals surface area contributed by atoms with Gasteiger partial charge in [0.25, 0.3) is 0 Å². The molecule has 12 heavy (non-hydrogen) atoms. The van der Waals surface area contributed by atoms with Crippen LogP contribution in [0.2, 0.25) is 0 Å². The number of nitrogens with one attached hydrogen (secondary N) is 1. The zero-order chi connectivity index (χ0) is 8.81. The van der Waals surface area contributed by atoms with Crippen LogP contribution in [-0.4, -0.2) is 20.3 Å². The highest BCUT2D eigenvalue weighted by atomic mass is 16.5. The van der Waals surface area contributed by atoms with Crippen molar-refractivity contribution in [2.75, 3.05) is 20.3 Å². The van der Waals surface area contributed by atoms with Gasteiger partial charge in [0, 0.05) is 6.61 Å². The van der Waals surface area contributed by atoms with E-state index in [1.165, 1.54) is 0 Å². The van der Waals surface area contributed by atoms with Gasteiger partial charge in [-0.25, -0.2) is 0 Å². The first-order chi connectivity index (χ1) is 5.88. The van der Waals surface area contributed by atoms with Gasteiger partial charge in [-0.15, -0.1) is 0 Å². The maximum atomic E-state index is 5.25. The van der Waals surface area contributed by atoms with E-state index in [0.717, 1.165) is 11.8 Å². The normalized spacial score (nSPS) is 17.0. The lowest BCUT2D eigenvalue weighted by Gasteiger charge is -2.20. The molecule has 0 aromatic heterocycles. The molecule has 1 aliphatic heterocycles. The average Bonchev–Trinajstić information content (AvgIpc) is 2.15. The molecular formula is C9H14NO2. The average molecular weight is 168 g/mol. The highest BCUT2D eigenvalue weighted by molar-refractivity contribution is 5.27. The van der Waals surface area contributed by atoms with Gasteiger partial charge >= 0.3 is 0 Å². The number of ether oxygens (including phenoxy) is 2. The molecule has 3 heteroatoms. The summed E-state index contributed by atoms with van der Waals surface area (Å²) in [6.45, 7) is 3.25. The molecule has 1 heterocycles. The van der Waals surface area contributed by atoms with Crippen LogP contribution in [0.1, 0.15) is 6.92 Å². The fourth-order valence-electron chi connectivity index (χ4n) is 0.964. The predicted molar refractivity (Wildman–Crippen MR) is 47.1 cm³/mol. The maximum absolute atomic E-state index is 5.25. The van der Waals surface area contributed by atoms with Crippen LogP contribution in [0.25, 0.3) is 0 Å². The topological polar surface area (TPSA) is 30.5 Å². The molecule has 0 saturated carbocycles. The molecule has 0 saturated heterocycles. The van der Waals surface area contributed by atoms with Crippen molar-refractivity contribution in [1.29, 1.82) is 0 Å². The molecule has 0 fully saturated rings. The van der Waals surface area contributed by atoms with E-state index in [0.29, 0.717) is 13.2 Å². The highest BCUT2D eigenvalue weighted by Gasteiger charge is 2.16. The lowest BCUT2D eigenvalue weighted by atomic mass is 10.2. The standard InChI is InChI=1S/C9H14NO2/c1-3-12-7-8-9(11-2)5-4-6-10-8/h4-6,10H,3,7H2,1-2H3. The van der Waals surface area contributed by atoms with Crippen LogP contribution in [0.15, 0.2) is 24.1 Å². The Morgan fingerprint density at radius 3 is 3.00 bits per heavy atom. The summed E-state index contributed by atoms with van der Waals surface area (Å²) >= 11 is 0. The summed E-state index contributed by atoms with van der Waals surface area (Å²) in [4.78, 5) is 0. The van der Waals surface area contributed by atoms with E-state index in [-0.39, 0.29) is 0 Å². The van der Waals surface area contributed by atoms with Crippen molar-refractivity contribution in [3.05, 3.63) is 30.2 Å². The van der Waals surface area contributed by atoms with E-state index in [9.17, 15) is 0 Å². The second-order valence-electron chi connectivity index (χ2n) is 2.35. The Hall–Kier alpha value is -0.960. The zero-order valence-electron chi connectivity index (χ0n) is 7.46. The van der Waals surface area contributed by atoms with E-state index >= 15 is 0 Å². The van der Waals surface area contributed by atoms with Crippen molar-refractivity contribution < 1.29 is 9.47 Å². The Morgan fingerprint density at radius 1 is 1.50 bits per heavy atom. The molecule has 0 atom stereocenters. The van der Waals surface area contributed by atoms with E-state index in [4.69, 9.17) is 9.47 Å². The Bertz CT molecular complexity index is 187. The van der Waals surface area contributed by atoms with Crippen molar-refractivity contribution in [2.24, 2.45) is 0 Å². The number of hydrogen-bond donors (Lipinski definition) is 1. The third-order valence-electron chi connectivity index (χ3n) is 1.57. The number of methoxy groups -OCH3 is 1. The summed E-state index contributed by atoms with van der Waals surface area (Å²) < 4.78 is 10.4. The Balaban J connectivity index is 2.42. The first-order valence-corrected chi connectivity index (χ1v) is 3.99. The molecule has 67 valence electrons. The van der Waals surface area contributed by atoms with E-state index < -0.39 is 0 Å². The SMILES string of the molecule is CCOC[C]1NC=CC=C1OC. The molecular weight excluding hydrogens is 154 g/mol. The van der Waals surface area contributed by atoms with Gasteiger partial charge < -0.3 is 14.8 Å². The first-order valence-electron chi connectivity index (χ1n) is 3.99. The Morgan fingerprint density at radius 2 is 2.33 bits per heavy atom. The first kappa shape index (κ1) is 9.13. The molecule has 0 aromatic carbocycles. The summed E-state index contributed by atoms with van der Waals surface area (Å²) in [5, 5.41) is 3.07. The molecule has 1 aliphatic rings. The zero-order valence-corrected chi connectivity index (χ0v) is 7.46. The number of hydrogen-bond acceptors (Lipinski definition) is 3. The maximum Gasteiger partial charge on any atom is 0.151 e. The molecule has 1 radical (unpaired) electrons. The van der Waals surface area contributed by atoms with E-state index in [1.807, 2.05) is 25.3 Å². The third-order valence-corrected chi connectivity index (χ3v) is 1.57. The molecule has 0 unspecified atom stereocenters. The van der Waals surface area contributed by atoms with Crippen LogP contribution in [0.3, 0.4) is 0 Å². The van der Waals surface area contributed by atoms with Crippen molar-refractivity contribution in [2.45, 2.75) is 6.92 Å². The predicted octanol–water partition coefficient (Wildman–Crippen LogP) is 1.20. The van der Waals surface area contributed by atoms with Gasteiger partial charge in [0.15, 0.2) is 6.04 Å². The van der Waals surface area contributed by atoms with Gasteiger partial charge in [-0.2, -0.15) is 0 Å². The second kappa shape index (κ2) is 4.83. The van der Waals surface area contributed by atoms with Crippen LogP contribution in [0.5, 0.6) is 0 Å². The molecule has 0 amide bonds. The van der Waals surface area contributed by atoms with Gasteiger partial charge in [-0.1, -0.05) is 0 Å². The summed E-state index contributed by atoms with van der Waals surface area (Å²) in [7, 11) is 1.65. The van der Waals surface area contributed by atoms with Crippen LogP contribution >= 0.6 is 0 Å². The minimum Gasteiger partial charge on any atom is -0.498 e. The number of dihydropyridines is 1. The number of rotatable bonds is 4. The fraction of sp³-hybridized carbons (Fsp3) is 0.444. The lowest BCUT2D eigenvalue weighted by Crippen LogP contribution is -2.25. The van der Waals surface area contributed by atoms with Gasteiger partial charge in [-0.05, 0) is 25.3 Å². The highest BCUT2D eigenvalue weighted by Crippen LogP contribution is 2.14. The smallest absolute Gasteiger partial charge is 0.151 e. The summed E-state index contributed by atoms with van der Waals surface area (Å²) in [5.41, 5.74) is 0. The van der Waals surface area contributed by atoms with Crippen LogP contribution in [0.4, 0.5) is 0 Å². The molecule has 1 N–H and O–H groups in total. The summed E-state index contributed by atoms with van der Waals surface area (Å²) in [6, 6.07) is 0.974. The van der Waals surface area contributed by atoms with Gasteiger partial charge in [0.2, 0.25) is 0 Å². The Kier molecular flexibility index (Phi) is 3.67. The van der Waals surface area contributed by atoms with Crippen molar-refractivity contribution in [3.8, 4) is 0 Å². The molecule has 0 spiro atoms.